The van der Waals surface area contributed by atoms with Gasteiger partial charge in [0.15, 0.2) is 0 Å². The third-order valence-corrected chi connectivity index (χ3v) is 3.15. The first-order valence-electron chi connectivity index (χ1n) is 5.37. The van der Waals surface area contributed by atoms with Crippen LogP contribution in [0.25, 0.3) is 0 Å². The fourth-order valence-corrected chi connectivity index (χ4v) is 2.02. The zero-order chi connectivity index (χ0) is 11.7. The molecule has 1 saturated carbocycles. The van der Waals surface area contributed by atoms with Crippen LogP contribution in [0.15, 0.2) is 12.3 Å². The number of aromatic carboxylic acids is 1. The summed E-state index contributed by atoms with van der Waals surface area (Å²) in [5, 5.41) is 9.45. The highest BCUT2D eigenvalue weighted by Crippen LogP contribution is 2.25. The van der Waals surface area contributed by atoms with Crippen LogP contribution in [0.4, 0.5) is 0 Å². The number of halogens is 1. The van der Waals surface area contributed by atoms with Crippen molar-refractivity contribution in [1.82, 2.24) is 9.47 Å². The van der Waals surface area contributed by atoms with Crippen LogP contribution in [0.5, 0.6) is 0 Å². The first-order valence-corrected chi connectivity index (χ1v) is 5.75. The standard InChI is InChI=1S/C11H15ClN2O2/c1-13(9-2-3-9)4-5-14-7-8(12)6-10(14)11(15)16/h6-7,9H,2-5H2,1H3,(H,15,16). The van der Waals surface area contributed by atoms with Gasteiger partial charge in [-0.3, -0.25) is 0 Å². The molecule has 0 unspecified atom stereocenters. The summed E-state index contributed by atoms with van der Waals surface area (Å²) in [6, 6.07) is 2.18. The Bertz CT molecular complexity index is 399. The molecule has 2 rings (SSSR count). The van der Waals surface area contributed by atoms with Crippen molar-refractivity contribution in [2.24, 2.45) is 0 Å². The Morgan fingerprint density at radius 1 is 1.69 bits per heavy atom. The average Bonchev–Trinajstić information content (AvgIpc) is 2.99. The van der Waals surface area contributed by atoms with Gasteiger partial charge in [0, 0.05) is 25.3 Å². The molecule has 0 spiro atoms. The van der Waals surface area contributed by atoms with E-state index < -0.39 is 5.97 Å². The first-order chi connectivity index (χ1) is 7.58. The number of hydrogen-bond acceptors (Lipinski definition) is 2. The largest absolute Gasteiger partial charge is 0.477 e. The second kappa shape index (κ2) is 4.47. The molecule has 0 bridgehead atoms. The van der Waals surface area contributed by atoms with Gasteiger partial charge in [-0.2, -0.15) is 0 Å². The van der Waals surface area contributed by atoms with E-state index in [1.165, 1.54) is 18.9 Å². The monoisotopic (exact) mass is 242 g/mol. The predicted molar refractivity (Wildman–Crippen MR) is 62.1 cm³/mol. The highest BCUT2D eigenvalue weighted by Gasteiger charge is 2.25. The molecule has 0 amide bonds. The van der Waals surface area contributed by atoms with Gasteiger partial charge in [-0.05, 0) is 26.0 Å². The molecule has 1 N–H and O–H groups in total. The maximum absolute atomic E-state index is 10.9. The van der Waals surface area contributed by atoms with E-state index in [0.717, 1.165) is 6.54 Å². The molecule has 0 aromatic carbocycles. The first kappa shape index (κ1) is 11.5. The Balaban J connectivity index is 1.99. The number of carboxylic acids is 1. The molecule has 1 aliphatic rings. The Morgan fingerprint density at radius 2 is 2.38 bits per heavy atom. The summed E-state index contributed by atoms with van der Waals surface area (Å²) in [5.74, 6) is -0.930. The Morgan fingerprint density at radius 3 is 2.94 bits per heavy atom. The molecular weight excluding hydrogens is 228 g/mol. The van der Waals surface area contributed by atoms with E-state index in [-0.39, 0.29) is 5.69 Å². The Kier molecular flexibility index (Phi) is 3.21. The molecule has 1 aliphatic carbocycles. The van der Waals surface area contributed by atoms with Crippen molar-refractivity contribution in [2.75, 3.05) is 13.6 Å². The van der Waals surface area contributed by atoms with Crippen molar-refractivity contribution in [3.63, 3.8) is 0 Å². The second-order valence-corrected chi connectivity index (χ2v) is 4.69. The maximum Gasteiger partial charge on any atom is 0.352 e. The molecule has 1 aromatic heterocycles. The number of nitrogens with zero attached hydrogens (tertiary/aromatic N) is 2. The van der Waals surface area contributed by atoms with E-state index in [1.54, 1.807) is 10.8 Å². The summed E-state index contributed by atoms with van der Waals surface area (Å²) in [7, 11) is 2.07. The summed E-state index contributed by atoms with van der Waals surface area (Å²) >= 11 is 5.80. The molecule has 88 valence electrons. The fourth-order valence-electron chi connectivity index (χ4n) is 1.80. The third-order valence-electron chi connectivity index (χ3n) is 2.95. The van der Waals surface area contributed by atoms with Crippen molar-refractivity contribution >= 4 is 17.6 Å². The summed E-state index contributed by atoms with van der Waals surface area (Å²) in [5.41, 5.74) is 0.259. The van der Waals surface area contributed by atoms with Crippen LogP contribution in [0.1, 0.15) is 23.3 Å². The van der Waals surface area contributed by atoms with Crippen molar-refractivity contribution in [3.8, 4) is 0 Å². The van der Waals surface area contributed by atoms with E-state index in [4.69, 9.17) is 16.7 Å². The zero-order valence-electron chi connectivity index (χ0n) is 9.19. The highest BCUT2D eigenvalue weighted by molar-refractivity contribution is 6.30. The molecule has 1 aromatic rings. The van der Waals surface area contributed by atoms with Gasteiger partial charge in [-0.15, -0.1) is 0 Å². The van der Waals surface area contributed by atoms with Crippen LogP contribution in [-0.4, -0.2) is 40.2 Å². The normalized spacial score (nSPS) is 15.7. The summed E-state index contributed by atoms with van der Waals surface area (Å²) in [6.07, 6.45) is 4.19. The van der Waals surface area contributed by atoms with Crippen LogP contribution in [0.2, 0.25) is 5.02 Å². The SMILES string of the molecule is CN(CCn1cc(Cl)cc1C(=O)O)C1CC1. The minimum absolute atomic E-state index is 0.259. The minimum atomic E-state index is -0.930. The van der Waals surface area contributed by atoms with E-state index in [0.29, 0.717) is 17.6 Å². The molecule has 5 heteroatoms. The number of carbonyl (C=O) groups is 1. The Labute approximate surface area is 99.4 Å². The fraction of sp³-hybridized carbons (Fsp3) is 0.545. The molecule has 0 radical (unpaired) electrons. The van der Waals surface area contributed by atoms with Crippen LogP contribution < -0.4 is 0 Å². The van der Waals surface area contributed by atoms with Gasteiger partial charge in [0.05, 0.1) is 5.02 Å². The van der Waals surface area contributed by atoms with E-state index >= 15 is 0 Å². The summed E-state index contributed by atoms with van der Waals surface area (Å²) in [4.78, 5) is 13.2. The van der Waals surface area contributed by atoms with Gasteiger partial charge in [0.1, 0.15) is 5.69 Å². The van der Waals surface area contributed by atoms with Gasteiger partial charge in [-0.1, -0.05) is 11.6 Å². The van der Waals surface area contributed by atoms with Gasteiger partial charge in [0.25, 0.3) is 0 Å². The molecule has 1 heterocycles. The van der Waals surface area contributed by atoms with E-state index in [1.807, 2.05) is 0 Å². The van der Waals surface area contributed by atoms with Crippen LogP contribution in [0.3, 0.4) is 0 Å². The summed E-state index contributed by atoms with van der Waals surface area (Å²) in [6.45, 7) is 1.53. The number of carboxylic acid groups (broad SMARTS) is 1. The minimum Gasteiger partial charge on any atom is -0.477 e. The van der Waals surface area contributed by atoms with Crippen LogP contribution >= 0.6 is 11.6 Å². The van der Waals surface area contributed by atoms with E-state index in [9.17, 15) is 4.79 Å². The quantitative estimate of drug-likeness (QED) is 0.858. The number of aromatic nitrogens is 1. The third kappa shape index (κ3) is 2.57. The topological polar surface area (TPSA) is 45.5 Å². The lowest BCUT2D eigenvalue weighted by Gasteiger charge is -2.16. The predicted octanol–water partition coefficient (Wildman–Crippen LogP) is 1.93. The van der Waals surface area contributed by atoms with Crippen LogP contribution in [0, 0.1) is 0 Å². The van der Waals surface area contributed by atoms with Crippen molar-refractivity contribution in [1.29, 1.82) is 0 Å². The average molecular weight is 243 g/mol. The van der Waals surface area contributed by atoms with E-state index in [2.05, 4.69) is 11.9 Å². The maximum atomic E-state index is 10.9. The summed E-state index contributed by atoms with van der Waals surface area (Å²) < 4.78 is 1.70. The number of likely N-dealkylation sites (N-methyl/N-ethyl adjacent to an activating group) is 1. The zero-order valence-corrected chi connectivity index (χ0v) is 9.94. The van der Waals surface area contributed by atoms with Gasteiger partial charge in [0.2, 0.25) is 0 Å². The van der Waals surface area contributed by atoms with Gasteiger partial charge in [-0.25, -0.2) is 4.79 Å². The smallest absolute Gasteiger partial charge is 0.352 e. The molecule has 4 nitrogen and oxygen atoms in total. The lowest BCUT2D eigenvalue weighted by Crippen LogP contribution is -2.26. The second-order valence-electron chi connectivity index (χ2n) is 4.25. The Hall–Kier alpha value is -1.00. The lowest BCUT2D eigenvalue weighted by atomic mass is 10.4. The number of hydrogen-bond donors (Lipinski definition) is 1. The van der Waals surface area contributed by atoms with Crippen LogP contribution in [-0.2, 0) is 6.54 Å². The van der Waals surface area contributed by atoms with Gasteiger partial charge >= 0.3 is 5.97 Å². The van der Waals surface area contributed by atoms with Crippen molar-refractivity contribution in [3.05, 3.63) is 23.0 Å². The molecular formula is C11H15ClN2O2. The molecule has 16 heavy (non-hydrogen) atoms. The van der Waals surface area contributed by atoms with Gasteiger partial charge < -0.3 is 14.6 Å². The number of rotatable bonds is 5. The molecule has 0 atom stereocenters. The van der Waals surface area contributed by atoms with Crippen molar-refractivity contribution in [2.45, 2.75) is 25.4 Å². The van der Waals surface area contributed by atoms with Crippen molar-refractivity contribution < 1.29 is 9.90 Å². The molecule has 0 saturated heterocycles. The lowest BCUT2D eigenvalue weighted by molar-refractivity contribution is 0.0684. The molecule has 0 aliphatic heterocycles. The molecule has 1 fully saturated rings. The highest BCUT2D eigenvalue weighted by atomic mass is 35.5.